The van der Waals surface area contributed by atoms with Gasteiger partial charge in [-0.25, -0.2) is 0 Å². The second-order valence-corrected chi connectivity index (χ2v) is 9.27. The topological polar surface area (TPSA) is 40.5 Å². The lowest BCUT2D eigenvalue weighted by Crippen LogP contribution is -2.53. The van der Waals surface area contributed by atoms with Crippen LogP contribution in [0.15, 0.2) is 16.9 Å². The first-order chi connectivity index (χ1) is 13.3. The van der Waals surface area contributed by atoms with Gasteiger partial charge < -0.3 is 9.88 Å². The number of piperidine rings is 3. The number of nitrogens with one attached hydrogen (secondary N) is 1. The molecule has 2 bridgehead atoms. The molecule has 4 aliphatic rings. The van der Waals surface area contributed by atoms with Crippen molar-refractivity contribution in [2.45, 2.75) is 63.6 Å². The number of halogens is 2. The van der Waals surface area contributed by atoms with Gasteiger partial charge in [-0.05, 0) is 70.3 Å². The zero-order valence-corrected chi connectivity index (χ0v) is 19.0. The summed E-state index contributed by atoms with van der Waals surface area (Å²) in [7, 11) is 0. The van der Waals surface area contributed by atoms with Crippen LogP contribution in [0.25, 0.3) is 0 Å². The number of likely N-dealkylation sites (tertiary alicyclic amines) is 2. The molecule has 3 fully saturated rings. The third-order valence-electron chi connectivity index (χ3n) is 7.38. The molecule has 5 nitrogen and oxygen atoms in total. The summed E-state index contributed by atoms with van der Waals surface area (Å²) in [6.07, 6.45) is 7.73. The van der Waals surface area contributed by atoms with Crippen LogP contribution in [0.5, 0.6) is 0 Å². The van der Waals surface area contributed by atoms with Crippen molar-refractivity contribution in [1.82, 2.24) is 19.7 Å². The zero-order chi connectivity index (χ0) is 18.2. The fourth-order valence-corrected chi connectivity index (χ4v) is 5.98. The van der Waals surface area contributed by atoms with Crippen LogP contribution < -0.4 is 10.9 Å². The van der Waals surface area contributed by atoms with Gasteiger partial charge in [-0.2, -0.15) is 0 Å². The average molecular weight is 443 g/mol. The first-order valence-corrected chi connectivity index (χ1v) is 11.2. The summed E-state index contributed by atoms with van der Waals surface area (Å²) < 4.78 is 2.15. The van der Waals surface area contributed by atoms with Crippen LogP contribution in [-0.4, -0.2) is 59.7 Å². The monoisotopic (exact) mass is 442 g/mol. The fourth-order valence-electron chi connectivity index (χ4n) is 5.98. The van der Waals surface area contributed by atoms with E-state index in [0.717, 1.165) is 57.4 Å². The summed E-state index contributed by atoms with van der Waals surface area (Å²) >= 11 is 0. The van der Waals surface area contributed by atoms with Gasteiger partial charge in [-0.15, -0.1) is 24.8 Å². The van der Waals surface area contributed by atoms with Gasteiger partial charge in [0.1, 0.15) is 0 Å². The molecular formula is C22H36Cl2N4O. The summed E-state index contributed by atoms with van der Waals surface area (Å²) in [5.74, 6) is 1.19. The molecule has 0 aliphatic carbocycles. The molecule has 5 rings (SSSR count). The first kappa shape index (κ1) is 23.1. The maximum Gasteiger partial charge on any atom is 0.255 e. The Morgan fingerprint density at radius 2 is 1.72 bits per heavy atom. The molecule has 1 aromatic rings. The maximum absolute atomic E-state index is 13.2. The van der Waals surface area contributed by atoms with E-state index in [1.807, 2.05) is 0 Å². The highest BCUT2D eigenvalue weighted by atomic mass is 35.5. The van der Waals surface area contributed by atoms with E-state index in [4.69, 9.17) is 0 Å². The molecule has 7 heteroatoms. The molecule has 29 heavy (non-hydrogen) atoms. The lowest BCUT2D eigenvalue weighted by Gasteiger charge is -2.46. The Kier molecular flexibility index (Phi) is 8.07. The van der Waals surface area contributed by atoms with Crippen LogP contribution in [-0.2, 0) is 13.1 Å². The van der Waals surface area contributed by atoms with Crippen LogP contribution in [0.3, 0.4) is 0 Å². The highest BCUT2D eigenvalue weighted by molar-refractivity contribution is 5.85. The molecule has 0 saturated carbocycles. The van der Waals surface area contributed by atoms with E-state index in [1.54, 1.807) is 0 Å². The maximum atomic E-state index is 13.2. The van der Waals surface area contributed by atoms with Gasteiger partial charge in [-0.3, -0.25) is 14.6 Å². The molecule has 5 heterocycles. The van der Waals surface area contributed by atoms with Gasteiger partial charge in [0.25, 0.3) is 5.56 Å². The molecular weight excluding hydrogens is 407 g/mol. The minimum atomic E-state index is 0. The Labute approximate surface area is 187 Å². The Balaban J connectivity index is 0.00000120. The second kappa shape index (κ2) is 10.1. The van der Waals surface area contributed by atoms with Crippen LogP contribution in [0.2, 0.25) is 0 Å². The SMILES string of the molecule is Cl.Cl.O=c1c(CN2CCCCC2)ccc2n1C[C@H]1C[C@@H]2CN(C2CCNCC2)C1. The van der Waals surface area contributed by atoms with Crippen molar-refractivity contribution in [2.24, 2.45) is 5.92 Å². The molecule has 0 aromatic carbocycles. The van der Waals surface area contributed by atoms with E-state index in [-0.39, 0.29) is 24.8 Å². The van der Waals surface area contributed by atoms with Crippen LogP contribution >= 0.6 is 24.8 Å². The van der Waals surface area contributed by atoms with Crippen molar-refractivity contribution in [3.8, 4) is 0 Å². The van der Waals surface area contributed by atoms with E-state index in [9.17, 15) is 4.79 Å². The van der Waals surface area contributed by atoms with E-state index in [0.29, 0.717) is 17.4 Å². The van der Waals surface area contributed by atoms with Gasteiger partial charge in [0.2, 0.25) is 0 Å². The normalized spacial score (nSPS) is 28.1. The Morgan fingerprint density at radius 1 is 0.966 bits per heavy atom. The molecule has 0 spiro atoms. The van der Waals surface area contributed by atoms with Crippen molar-refractivity contribution in [2.75, 3.05) is 39.3 Å². The van der Waals surface area contributed by atoms with E-state index >= 15 is 0 Å². The minimum Gasteiger partial charge on any atom is -0.317 e. The number of hydrogen-bond donors (Lipinski definition) is 1. The second-order valence-electron chi connectivity index (χ2n) is 9.27. The van der Waals surface area contributed by atoms with Gasteiger partial charge in [0.15, 0.2) is 0 Å². The quantitative estimate of drug-likeness (QED) is 0.780. The predicted molar refractivity (Wildman–Crippen MR) is 123 cm³/mol. The molecule has 164 valence electrons. The Hall–Kier alpha value is -0.590. The molecule has 3 saturated heterocycles. The van der Waals surface area contributed by atoms with Crippen molar-refractivity contribution < 1.29 is 0 Å². The Morgan fingerprint density at radius 3 is 2.48 bits per heavy atom. The summed E-state index contributed by atoms with van der Waals surface area (Å²) in [5, 5.41) is 3.49. The van der Waals surface area contributed by atoms with Gasteiger partial charge in [-0.1, -0.05) is 12.5 Å². The van der Waals surface area contributed by atoms with Crippen LogP contribution in [0, 0.1) is 5.92 Å². The van der Waals surface area contributed by atoms with Crippen molar-refractivity contribution in [1.29, 1.82) is 0 Å². The summed E-state index contributed by atoms with van der Waals surface area (Å²) in [4.78, 5) is 18.4. The van der Waals surface area contributed by atoms with Gasteiger partial charge >= 0.3 is 0 Å². The van der Waals surface area contributed by atoms with Crippen LogP contribution in [0.4, 0.5) is 0 Å². The number of hydrogen-bond acceptors (Lipinski definition) is 4. The van der Waals surface area contributed by atoms with Crippen molar-refractivity contribution >= 4 is 24.8 Å². The molecule has 2 atom stereocenters. The highest BCUT2D eigenvalue weighted by Crippen LogP contribution is 2.36. The minimum absolute atomic E-state index is 0. The fraction of sp³-hybridized carbons (Fsp3) is 0.773. The number of aromatic nitrogens is 1. The zero-order valence-electron chi connectivity index (χ0n) is 17.4. The van der Waals surface area contributed by atoms with E-state index < -0.39 is 0 Å². The van der Waals surface area contributed by atoms with Crippen molar-refractivity contribution in [3.05, 3.63) is 33.7 Å². The smallest absolute Gasteiger partial charge is 0.255 e. The number of rotatable bonds is 3. The van der Waals surface area contributed by atoms with Crippen molar-refractivity contribution in [3.63, 3.8) is 0 Å². The van der Waals surface area contributed by atoms with Gasteiger partial charge in [0, 0.05) is 49.4 Å². The largest absolute Gasteiger partial charge is 0.317 e. The standard InChI is InChI=1S/C22H34N4O.2ClH/c27-22-18(15-24-10-2-1-3-11-24)4-5-21-19-12-17(14-26(21)22)13-25(16-19)20-6-8-23-9-7-20;;/h4-5,17,19-20,23H,1-3,6-16H2;2*1H/t17-,19+;;/m0../s1. The average Bonchev–Trinajstić information content (AvgIpc) is 2.72. The Bertz CT molecular complexity index is 728. The highest BCUT2D eigenvalue weighted by Gasteiger charge is 2.37. The predicted octanol–water partition coefficient (Wildman–Crippen LogP) is 2.85. The molecule has 1 N–H and O–H groups in total. The summed E-state index contributed by atoms with van der Waals surface area (Å²) in [6.45, 7) is 8.72. The number of fused-ring (bicyclic) bond motifs is 4. The number of pyridine rings is 1. The summed E-state index contributed by atoms with van der Waals surface area (Å²) in [5.41, 5.74) is 2.61. The number of nitrogens with zero attached hydrogens (tertiary/aromatic N) is 3. The van der Waals surface area contributed by atoms with Gasteiger partial charge in [0.05, 0.1) is 0 Å². The summed E-state index contributed by atoms with van der Waals surface area (Å²) in [6, 6.07) is 5.17. The third-order valence-corrected chi connectivity index (χ3v) is 7.38. The molecule has 0 unspecified atom stereocenters. The molecule has 4 aliphatic heterocycles. The molecule has 0 amide bonds. The molecule has 0 radical (unpaired) electrons. The van der Waals surface area contributed by atoms with E-state index in [2.05, 4.69) is 31.8 Å². The first-order valence-electron chi connectivity index (χ1n) is 11.2. The van der Waals surface area contributed by atoms with E-state index in [1.165, 1.54) is 50.8 Å². The lowest BCUT2D eigenvalue weighted by atomic mass is 9.81. The van der Waals surface area contributed by atoms with Crippen LogP contribution in [0.1, 0.15) is 55.7 Å². The third kappa shape index (κ3) is 4.85. The molecule has 1 aromatic heterocycles. The lowest BCUT2D eigenvalue weighted by molar-refractivity contribution is 0.0675.